The van der Waals surface area contributed by atoms with E-state index < -0.39 is 58.6 Å². The molecular formula is C37H43ClFN5O6. The van der Waals surface area contributed by atoms with Crippen LogP contribution >= 0.6 is 11.6 Å². The number of oxime groups is 1. The van der Waals surface area contributed by atoms with Crippen molar-refractivity contribution in [1.82, 2.24) is 20.9 Å². The van der Waals surface area contributed by atoms with Crippen LogP contribution in [0.1, 0.15) is 76.3 Å². The van der Waals surface area contributed by atoms with E-state index in [0.29, 0.717) is 23.6 Å². The summed E-state index contributed by atoms with van der Waals surface area (Å²) in [5.74, 6) is -3.71. The van der Waals surface area contributed by atoms with Crippen molar-refractivity contribution < 1.29 is 33.2 Å². The maximum absolute atomic E-state index is 14.6. The van der Waals surface area contributed by atoms with Crippen molar-refractivity contribution in [2.75, 3.05) is 13.6 Å². The van der Waals surface area contributed by atoms with Crippen LogP contribution in [-0.4, -0.2) is 77.3 Å². The van der Waals surface area contributed by atoms with Crippen LogP contribution in [0.3, 0.4) is 0 Å². The lowest BCUT2D eigenvalue weighted by atomic mass is 9.85. The number of hydrogen-bond donors (Lipinski definition) is 3. The van der Waals surface area contributed by atoms with Gasteiger partial charge in [-0.15, -0.1) is 0 Å². The minimum atomic E-state index is -1.08. The number of amides is 4. The Hall–Kier alpha value is -4.32. The average Bonchev–Trinajstić information content (AvgIpc) is 4.00. The van der Waals surface area contributed by atoms with Crippen molar-refractivity contribution in [2.45, 2.75) is 88.9 Å². The molecule has 0 bridgehead atoms. The lowest BCUT2D eigenvalue weighted by Gasteiger charge is -2.35. The van der Waals surface area contributed by atoms with Crippen LogP contribution in [0, 0.1) is 23.1 Å². The van der Waals surface area contributed by atoms with Gasteiger partial charge in [-0.05, 0) is 59.9 Å². The molecule has 0 aromatic heterocycles. The third-order valence-corrected chi connectivity index (χ3v) is 10.4. The van der Waals surface area contributed by atoms with E-state index in [1.54, 1.807) is 30.3 Å². The fourth-order valence-corrected chi connectivity index (χ4v) is 7.26. The molecule has 1 spiro atoms. The van der Waals surface area contributed by atoms with E-state index in [0.717, 1.165) is 24.0 Å². The molecule has 266 valence electrons. The quantitative estimate of drug-likeness (QED) is 0.303. The van der Waals surface area contributed by atoms with Crippen LogP contribution in [0.5, 0.6) is 0 Å². The Morgan fingerprint density at radius 1 is 1.06 bits per heavy atom. The number of halogens is 2. The molecule has 11 nitrogen and oxygen atoms in total. The highest BCUT2D eigenvalue weighted by atomic mass is 35.5. The number of nitrogens with zero attached hydrogens (tertiary/aromatic N) is 2. The number of ketones is 1. The van der Waals surface area contributed by atoms with E-state index in [-0.39, 0.29) is 42.9 Å². The molecule has 3 N–H and O–H groups in total. The Morgan fingerprint density at radius 3 is 2.46 bits per heavy atom. The summed E-state index contributed by atoms with van der Waals surface area (Å²) >= 11 is 6.24. The first-order valence-electron chi connectivity index (χ1n) is 17.1. The molecule has 2 saturated carbocycles. The van der Waals surface area contributed by atoms with Gasteiger partial charge in [0.1, 0.15) is 17.9 Å². The molecule has 4 aliphatic rings. The molecule has 6 rings (SSSR count). The summed E-state index contributed by atoms with van der Waals surface area (Å²) in [5, 5.41) is 13.0. The third kappa shape index (κ3) is 7.70. The zero-order valence-electron chi connectivity index (χ0n) is 28.6. The van der Waals surface area contributed by atoms with Crippen molar-refractivity contribution >= 4 is 46.7 Å². The van der Waals surface area contributed by atoms with Gasteiger partial charge in [0.25, 0.3) is 5.91 Å². The number of nitrogens with one attached hydrogen (secondary N) is 3. The number of benzene rings is 2. The Labute approximate surface area is 295 Å². The minimum absolute atomic E-state index is 0.00797. The maximum atomic E-state index is 14.6. The highest BCUT2D eigenvalue weighted by molar-refractivity contribution is 6.38. The van der Waals surface area contributed by atoms with Crippen molar-refractivity contribution in [2.24, 2.45) is 22.4 Å². The van der Waals surface area contributed by atoms with Crippen LogP contribution in [-0.2, 0) is 28.8 Å². The molecule has 2 aliphatic heterocycles. The summed E-state index contributed by atoms with van der Waals surface area (Å²) in [6.07, 6.45) is 2.99. The van der Waals surface area contributed by atoms with Crippen LogP contribution in [0.4, 0.5) is 4.39 Å². The van der Waals surface area contributed by atoms with Gasteiger partial charge in [0.15, 0.2) is 5.60 Å². The fourth-order valence-electron chi connectivity index (χ4n) is 7.07. The highest BCUT2D eigenvalue weighted by Crippen LogP contribution is 2.48. The van der Waals surface area contributed by atoms with Crippen LogP contribution < -0.4 is 16.0 Å². The Balaban J connectivity index is 1.25. The molecule has 0 radical (unpaired) electrons. The van der Waals surface area contributed by atoms with E-state index >= 15 is 0 Å². The summed E-state index contributed by atoms with van der Waals surface area (Å²) in [6, 6.07) is 10.1. The molecule has 1 saturated heterocycles. The second kappa shape index (κ2) is 13.8. The molecule has 2 aromatic rings. The van der Waals surface area contributed by atoms with Crippen molar-refractivity contribution in [3.05, 3.63) is 70.5 Å². The Bertz CT molecular complexity index is 1740. The largest absolute Gasteiger partial charge is 0.387 e. The van der Waals surface area contributed by atoms with E-state index in [1.165, 1.54) is 24.1 Å². The van der Waals surface area contributed by atoms with E-state index in [4.69, 9.17) is 16.4 Å². The lowest BCUT2D eigenvalue weighted by molar-refractivity contribution is -0.145. The van der Waals surface area contributed by atoms with Crippen LogP contribution in [0.2, 0.25) is 5.02 Å². The smallest absolute Gasteiger partial charge is 0.289 e. The van der Waals surface area contributed by atoms with Crippen molar-refractivity contribution in [1.29, 1.82) is 0 Å². The molecule has 2 heterocycles. The van der Waals surface area contributed by atoms with Gasteiger partial charge < -0.3 is 25.7 Å². The summed E-state index contributed by atoms with van der Waals surface area (Å²) in [4.78, 5) is 75.2. The van der Waals surface area contributed by atoms with Gasteiger partial charge in [-0.2, -0.15) is 0 Å². The van der Waals surface area contributed by atoms with E-state index in [1.807, 2.05) is 26.8 Å². The second-order valence-electron chi connectivity index (χ2n) is 15.2. The van der Waals surface area contributed by atoms with Crippen LogP contribution in [0.25, 0.3) is 0 Å². The van der Waals surface area contributed by atoms with Gasteiger partial charge in [0, 0.05) is 36.4 Å². The van der Waals surface area contributed by atoms with Gasteiger partial charge >= 0.3 is 0 Å². The summed E-state index contributed by atoms with van der Waals surface area (Å²) in [5.41, 5.74) is 0.258. The van der Waals surface area contributed by atoms with Gasteiger partial charge in [0.2, 0.25) is 23.5 Å². The normalized spacial score (nSPS) is 25.3. The number of Topliss-reactive ketones (excluding diaryl/α,β-unsaturated/α-hetero) is 1. The monoisotopic (exact) mass is 707 g/mol. The van der Waals surface area contributed by atoms with E-state index in [9.17, 15) is 28.4 Å². The summed E-state index contributed by atoms with van der Waals surface area (Å²) in [6.45, 7) is 5.47. The summed E-state index contributed by atoms with van der Waals surface area (Å²) < 4.78 is 13.9. The molecule has 6 atom stereocenters. The third-order valence-electron chi connectivity index (χ3n) is 10.1. The fraction of sp³-hybridized carbons (Fsp3) is 0.514. The summed E-state index contributed by atoms with van der Waals surface area (Å²) in [7, 11) is 1.36. The molecule has 13 heteroatoms. The number of carbonyl (C=O) groups is 5. The standard InChI is InChI=1S/C37H43ClFN5O6/c1-36(2,3)31(42-32(46)26-16-25(26)21-7-6-10-24(39)15-21)35(49)44-19-37(17-28(43-50-37)22-8-5-9-23(38)14-22)18-29(44)33(47)41-27(13-20-11-12-20)30(45)34(48)40-4/h5-10,14-15,20,25-27,29,31H,11-13,16-19H2,1-4H3,(H,40,48)(H,41,47)(H,42,46)/t25-,26+,27-,29?,31+,37+/m0/s1. The zero-order chi connectivity index (χ0) is 36.0. The molecule has 1 unspecified atom stereocenters. The maximum Gasteiger partial charge on any atom is 0.289 e. The molecule has 4 amide bonds. The lowest BCUT2D eigenvalue weighted by Crippen LogP contribution is -2.59. The van der Waals surface area contributed by atoms with Crippen LogP contribution in [0.15, 0.2) is 53.7 Å². The SMILES string of the molecule is CNC(=O)C(=O)[C@H](CC1CC1)NC(=O)C1C[C@]2(CC(c3cccc(Cl)c3)=NO2)CN1C(=O)[C@@H](NC(=O)[C@@H]1C[C@H]1c1cccc(F)c1)C(C)(C)C. The second-order valence-corrected chi connectivity index (χ2v) is 15.6. The molecule has 3 fully saturated rings. The van der Waals surface area contributed by atoms with Crippen molar-refractivity contribution in [3.8, 4) is 0 Å². The topological polar surface area (TPSA) is 146 Å². The molecule has 50 heavy (non-hydrogen) atoms. The first-order valence-corrected chi connectivity index (χ1v) is 17.5. The van der Waals surface area contributed by atoms with Gasteiger partial charge in [-0.3, -0.25) is 24.0 Å². The van der Waals surface area contributed by atoms with Gasteiger partial charge in [0.05, 0.1) is 18.3 Å². The first-order chi connectivity index (χ1) is 23.7. The predicted octanol–water partition coefficient (Wildman–Crippen LogP) is 3.88. The molecule has 2 aliphatic carbocycles. The Kier molecular flexibility index (Phi) is 9.78. The predicted molar refractivity (Wildman–Crippen MR) is 184 cm³/mol. The average molecular weight is 708 g/mol. The number of carbonyl (C=O) groups excluding carboxylic acids is 5. The zero-order valence-corrected chi connectivity index (χ0v) is 29.4. The van der Waals surface area contributed by atoms with Crippen molar-refractivity contribution in [3.63, 3.8) is 0 Å². The minimum Gasteiger partial charge on any atom is -0.387 e. The first kappa shape index (κ1) is 35.5. The number of rotatable bonds is 11. The number of likely N-dealkylation sites (tertiary alicyclic amines) is 1. The molecular weight excluding hydrogens is 665 g/mol. The molecule has 2 aromatic carbocycles. The number of hydrogen-bond acceptors (Lipinski definition) is 7. The van der Waals surface area contributed by atoms with Gasteiger partial charge in [-0.25, -0.2) is 4.39 Å². The van der Waals surface area contributed by atoms with E-state index in [2.05, 4.69) is 21.1 Å². The Morgan fingerprint density at radius 2 is 1.80 bits per heavy atom. The highest BCUT2D eigenvalue weighted by Gasteiger charge is 2.56. The number of likely N-dealkylation sites (N-methyl/N-ethyl adjacent to an activating group) is 1. The van der Waals surface area contributed by atoms with Gasteiger partial charge in [-0.1, -0.05) is 74.6 Å².